The summed E-state index contributed by atoms with van der Waals surface area (Å²) in [6, 6.07) is 0. The van der Waals surface area contributed by atoms with Crippen LogP contribution in [0.1, 0.15) is 18.7 Å². The number of nitrogens with zero attached hydrogens (tertiary/aromatic N) is 3. The Kier molecular flexibility index (Phi) is 3.01. The Balaban J connectivity index is 1.80. The summed E-state index contributed by atoms with van der Waals surface area (Å²) in [6.07, 6.45) is 5.55. The summed E-state index contributed by atoms with van der Waals surface area (Å²) in [6.45, 7) is 4.02. The molecule has 0 radical (unpaired) electrons. The molecule has 1 aromatic heterocycles. The molecule has 0 aliphatic carbocycles. The van der Waals surface area contributed by atoms with Gasteiger partial charge in [0.25, 0.3) is 0 Å². The summed E-state index contributed by atoms with van der Waals surface area (Å²) in [5.41, 5.74) is 5.32. The highest BCUT2D eigenvalue weighted by molar-refractivity contribution is 5.76. The van der Waals surface area contributed by atoms with E-state index in [1.165, 1.54) is 0 Å². The molecule has 0 saturated carbocycles. The van der Waals surface area contributed by atoms with Crippen molar-refractivity contribution in [3.63, 3.8) is 0 Å². The SMILES string of the molecule is N=C(N)CCCN1CCn2ccnc2C1. The third-order valence-electron chi connectivity index (χ3n) is 2.74. The molecule has 3 N–H and O–H groups in total. The van der Waals surface area contributed by atoms with Gasteiger partial charge in [-0.3, -0.25) is 10.3 Å². The minimum atomic E-state index is 0.286. The molecule has 82 valence electrons. The first-order valence-electron chi connectivity index (χ1n) is 5.31. The standard InChI is InChI=1S/C10H17N5/c11-9(12)2-1-4-14-6-7-15-5-3-13-10(15)8-14/h3,5H,1-2,4,6-8H2,(H3,11,12). The zero-order chi connectivity index (χ0) is 10.7. The number of amidine groups is 1. The summed E-state index contributed by atoms with van der Waals surface area (Å²) >= 11 is 0. The fourth-order valence-electron chi connectivity index (χ4n) is 1.91. The minimum absolute atomic E-state index is 0.286. The van der Waals surface area contributed by atoms with Crippen molar-refractivity contribution in [2.24, 2.45) is 5.73 Å². The molecular weight excluding hydrogens is 190 g/mol. The molecule has 15 heavy (non-hydrogen) atoms. The van der Waals surface area contributed by atoms with Gasteiger partial charge in [-0.05, 0) is 13.0 Å². The summed E-state index contributed by atoms with van der Waals surface area (Å²) < 4.78 is 2.20. The van der Waals surface area contributed by atoms with Crippen molar-refractivity contribution in [3.8, 4) is 0 Å². The van der Waals surface area contributed by atoms with Crippen molar-refractivity contribution in [2.75, 3.05) is 13.1 Å². The minimum Gasteiger partial charge on any atom is -0.388 e. The van der Waals surface area contributed by atoms with Crippen LogP contribution in [0.2, 0.25) is 0 Å². The van der Waals surface area contributed by atoms with Gasteiger partial charge in [-0.25, -0.2) is 4.98 Å². The van der Waals surface area contributed by atoms with E-state index >= 15 is 0 Å². The summed E-state index contributed by atoms with van der Waals surface area (Å²) in [5, 5.41) is 7.15. The topological polar surface area (TPSA) is 70.9 Å². The predicted molar refractivity (Wildman–Crippen MR) is 58.7 cm³/mol. The van der Waals surface area contributed by atoms with E-state index in [4.69, 9.17) is 11.1 Å². The molecule has 0 spiro atoms. The number of rotatable bonds is 4. The highest BCUT2D eigenvalue weighted by atomic mass is 15.2. The second kappa shape index (κ2) is 4.44. The van der Waals surface area contributed by atoms with Gasteiger partial charge in [0.2, 0.25) is 0 Å². The molecule has 0 saturated heterocycles. The maximum absolute atomic E-state index is 7.15. The van der Waals surface area contributed by atoms with Crippen molar-refractivity contribution in [3.05, 3.63) is 18.2 Å². The number of hydrogen-bond acceptors (Lipinski definition) is 3. The van der Waals surface area contributed by atoms with Crippen LogP contribution in [0.4, 0.5) is 0 Å². The molecule has 0 amide bonds. The van der Waals surface area contributed by atoms with E-state index in [0.29, 0.717) is 6.42 Å². The summed E-state index contributed by atoms with van der Waals surface area (Å²) in [4.78, 5) is 6.67. The van der Waals surface area contributed by atoms with Crippen LogP contribution in [-0.4, -0.2) is 33.4 Å². The van der Waals surface area contributed by atoms with Gasteiger partial charge in [-0.15, -0.1) is 0 Å². The molecule has 0 unspecified atom stereocenters. The van der Waals surface area contributed by atoms with E-state index < -0.39 is 0 Å². The Labute approximate surface area is 89.4 Å². The van der Waals surface area contributed by atoms with Crippen molar-refractivity contribution >= 4 is 5.84 Å². The Morgan fingerprint density at radius 3 is 3.20 bits per heavy atom. The molecule has 1 aliphatic heterocycles. The highest BCUT2D eigenvalue weighted by Crippen LogP contribution is 2.10. The fraction of sp³-hybridized carbons (Fsp3) is 0.600. The second-order valence-corrected chi connectivity index (χ2v) is 3.94. The third-order valence-corrected chi connectivity index (χ3v) is 2.74. The van der Waals surface area contributed by atoms with Crippen LogP contribution < -0.4 is 5.73 Å². The van der Waals surface area contributed by atoms with Gasteiger partial charge in [-0.2, -0.15) is 0 Å². The molecule has 0 bridgehead atoms. The Morgan fingerprint density at radius 1 is 1.53 bits per heavy atom. The molecule has 0 atom stereocenters. The Bertz CT molecular complexity index is 343. The lowest BCUT2D eigenvalue weighted by Crippen LogP contribution is -2.34. The number of aromatic nitrogens is 2. The van der Waals surface area contributed by atoms with Crippen molar-refractivity contribution < 1.29 is 0 Å². The number of fused-ring (bicyclic) bond motifs is 1. The van der Waals surface area contributed by atoms with E-state index in [1.807, 2.05) is 12.4 Å². The van der Waals surface area contributed by atoms with Gasteiger partial charge in [0.15, 0.2) is 0 Å². The average molecular weight is 207 g/mol. The first-order chi connectivity index (χ1) is 7.25. The molecule has 5 heteroatoms. The number of hydrogen-bond donors (Lipinski definition) is 2. The largest absolute Gasteiger partial charge is 0.388 e. The summed E-state index contributed by atoms with van der Waals surface area (Å²) in [5.74, 6) is 1.43. The molecule has 0 aromatic carbocycles. The zero-order valence-corrected chi connectivity index (χ0v) is 8.82. The van der Waals surface area contributed by atoms with Crippen molar-refractivity contribution in [1.29, 1.82) is 5.41 Å². The Morgan fingerprint density at radius 2 is 2.40 bits per heavy atom. The van der Waals surface area contributed by atoms with Crippen LogP contribution in [0.15, 0.2) is 12.4 Å². The maximum Gasteiger partial charge on any atom is 0.122 e. The number of imidazole rings is 1. The Hall–Kier alpha value is -1.36. The van der Waals surface area contributed by atoms with E-state index in [9.17, 15) is 0 Å². The smallest absolute Gasteiger partial charge is 0.122 e. The van der Waals surface area contributed by atoms with Crippen LogP contribution in [-0.2, 0) is 13.1 Å². The lowest BCUT2D eigenvalue weighted by molar-refractivity contribution is 0.216. The van der Waals surface area contributed by atoms with Crippen LogP contribution in [0.3, 0.4) is 0 Å². The summed E-state index contributed by atoms with van der Waals surface area (Å²) in [7, 11) is 0. The normalized spacial score (nSPS) is 16.3. The van der Waals surface area contributed by atoms with E-state index in [-0.39, 0.29) is 5.84 Å². The lowest BCUT2D eigenvalue weighted by atomic mass is 10.2. The van der Waals surface area contributed by atoms with E-state index in [2.05, 4.69) is 14.5 Å². The monoisotopic (exact) mass is 207 g/mol. The molecule has 1 aliphatic rings. The average Bonchev–Trinajstić information content (AvgIpc) is 2.64. The highest BCUT2D eigenvalue weighted by Gasteiger charge is 2.15. The van der Waals surface area contributed by atoms with Crippen LogP contribution in [0, 0.1) is 5.41 Å². The molecule has 0 fully saturated rings. The van der Waals surface area contributed by atoms with Gasteiger partial charge in [0, 0.05) is 31.9 Å². The number of nitrogens with two attached hydrogens (primary N) is 1. The van der Waals surface area contributed by atoms with Gasteiger partial charge < -0.3 is 10.3 Å². The van der Waals surface area contributed by atoms with Gasteiger partial charge in [0.1, 0.15) is 5.82 Å². The van der Waals surface area contributed by atoms with E-state index in [0.717, 1.165) is 38.4 Å². The quantitative estimate of drug-likeness (QED) is 0.555. The molecule has 2 heterocycles. The molecule has 2 rings (SSSR count). The second-order valence-electron chi connectivity index (χ2n) is 3.94. The van der Waals surface area contributed by atoms with Crippen LogP contribution >= 0.6 is 0 Å². The zero-order valence-electron chi connectivity index (χ0n) is 8.82. The van der Waals surface area contributed by atoms with Crippen molar-refractivity contribution in [2.45, 2.75) is 25.9 Å². The van der Waals surface area contributed by atoms with Gasteiger partial charge >= 0.3 is 0 Å². The van der Waals surface area contributed by atoms with Gasteiger partial charge in [-0.1, -0.05) is 0 Å². The maximum atomic E-state index is 7.15. The van der Waals surface area contributed by atoms with Crippen LogP contribution in [0.5, 0.6) is 0 Å². The first kappa shape index (κ1) is 10.2. The third kappa shape index (κ3) is 2.56. The van der Waals surface area contributed by atoms with Crippen LogP contribution in [0.25, 0.3) is 0 Å². The molecule has 1 aromatic rings. The number of nitrogens with one attached hydrogen (secondary N) is 1. The fourth-order valence-corrected chi connectivity index (χ4v) is 1.91. The van der Waals surface area contributed by atoms with Gasteiger partial charge in [0.05, 0.1) is 12.4 Å². The first-order valence-corrected chi connectivity index (χ1v) is 5.31. The van der Waals surface area contributed by atoms with Crippen molar-refractivity contribution in [1.82, 2.24) is 14.5 Å². The molecule has 5 nitrogen and oxygen atoms in total. The van der Waals surface area contributed by atoms with E-state index in [1.54, 1.807) is 0 Å². The lowest BCUT2D eigenvalue weighted by Gasteiger charge is -2.27. The molecular formula is C10H17N5. The predicted octanol–water partition coefficient (Wildman–Crippen LogP) is 0.415.